The molecule has 0 aliphatic carbocycles. The van der Waals surface area contributed by atoms with Crippen molar-refractivity contribution in [1.82, 2.24) is 14.7 Å². The summed E-state index contributed by atoms with van der Waals surface area (Å²) in [5.74, 6) is -0.798. The summed E-state index contributed by atoms with van der Waals surface area (Å²) in [5.41, 5.74) is -1.17. The summed E-state index contributed by atoms with van der Waals surface area (Å²) >= 11 is 0. The van der Waals surface area contributed by atoms with Crippen LogP contribution in [0, 0.1) is 10.1 Å². The number of piperazine rings is 1. The SMILES string of the molecule is O=C(c1nn(-c2ccccc2)cc1O)N1CCN(c2ccc(C(F)(F)F)cc2[N+](=O)[O-])CC1. The predicted molar refractivity (Wildman–Crippen MR) is 111 cm³/mol. The zero-order valence-electron chi connectivity index (χ0n) is 17.1. The standard InChI is InChI=1S/C21H18F3N5O4/c22-21(23,24)14-6-7-16(17(12-14)29(32)33)26-8-10-27(11-9-26)20(31)19-18(30)13-28(25-19)15-4-2-1-3-5-15/h1-7,12-13,30H,8-11H2. The Morgan fingerprint density at radius 1 is 1.06 bits per heavy atom. The van der Waals surface area contributed by atoms with Gasteiger partial charge in [-0.15, -0.1) is 0 Å². The zero-order valence-corrected chi connectivity index (χ0v) is 17.1. The second-order valence-corrected chi connectivity index (χ2v) is 7.38. The Morgan fingerprint density at radius 3 is 2.33 bits per heavy atom. The molecule has 33 heavy (non-hydrogen) atoms. The van der Waals surface area contributed by atoms with Crippen molar-refractivity contribution in [2.75, 3.05) is 31.1 Å². The largest absolute Gasteiger partial charge is 0.504 e. The van der Waals surface area contributed by atoms with Crippen LogP contribution in [0.1, 0.15) is 16.1 Å². The normalized spacial score (nSPS) is 14.4. The topological polar surface area (TPSA) is 105 Å². The molecule has 0 saturated carbocycles. The predicted octanol–water partition coefficient (Wildman–Crippen LogP) is 3.47. The molecule has 0 atom stereocenters. The molecule has 0 spiro atoms. The summed E-state index contributed by atoms with van der Waals surface area (Å²) in [6.45, 7) is 0.624. The second-order valence-electron chi connectivity index (χ2n) is 7.38. The molecule has 2 heterocycles. The van der Waals surface area contributed by atoms with Crippen LogP contribution in [0.4, 0.5) is 24.5 Å². The van der Waals surface area contributed by atoms with E-state index in [1.54, 1.807) is 29.2 Å². The molecule has 1 aliphatic heterocycles. The first kappa shape index (κ1) is 22.1. The van der Waals surface area contributed by atoms with Crippen LogP contribution in [-0.4, -0.2) is 56.8 Å². The molecule has 2 aromatic carbocycles. The van der Waals surface area contributed by atoms with Gasteiger partial charge in [0.1, 0.15) is 5.69 Å². The van der Waals surface area contributed by atoms with Gasteiger partial charge in [0.05, 0.1) is 22.4 Å². The molecule has 1 amide bonds. The minimum absolute atomic E-state index is 0.0521. The van der Waals surface area contributed by atoms with Crippen LogP contribution in [0.15, 0.2) is 54.7 Å². The molecule has 3 aromatic rings. The number of alkyl halides is 3. The maximum atomic E-state index is 12.9. The fraction of sp³-hybridized carbons (Fsp3) is 0.238. The molecular formula is C21H18F3N5O4. The summed E-state index contributed by atoms with van der Waals surface area (Å²) in [7, 11) is 0. The third-order valence-corrected chi connectivity index (χ3v) is 5.33. The molecule has 0 unspecified atom stereocenters. The first-order valence-corrected chi connectivity index (χ1v) is 9.89. The van der Waals surface area contributed by atoms with Crippen LogP contribution in [0.3, 0.4) is 0 Å². The molecular weight excluding hydrogens is 443 g/mol. The number of anilines is 1. The highest BCUT2D eigenvalue weighted by Gasteiger charge is 2.35. The summed E-state index contributed by atoms with van der Waals surface area (Å²) in [4.78, 5) is 26.4. The number of aromatic nitrogens is 2. The molecule has 1 aromatic heterocycles. The van der Waals surface area contributed by atoms with Crippen molar-refractivity contribution in [2.24, 2.45) is 0 Å². The van der Waals surface area contributed by atoms with E-state index in [0.29, 0.717) is 11.8 Å². The van der Waals surface area contributed by atoms with E-state index in [0.717, 1.165) is 12.1 Å². The lowest BCUT2D eigenvalue weighted by Gasteiger charge is -2.35. The van der Waals surface area contributed by atoms with Crippen molar-refractivity contribution in [3.8, 4) is 11.4 Å². The van der Waals surface area contributed by atoms with E-state index in [1.165, 1.54) is 15.8 Å². The van der Waals surface area contributed by atoms with Gasteiger partial charge in [0.25, 0.3) is 11.6 Å². The Balaban J connectivity index is 1.49. The highest BCUT2D eigenvalue weighted by atomic mass is 19.4. The molecule has 0 bridgehead atoms. The molecule has 12 heteroatoms. The van der Waals surface area contributed by atoms with Gasteiger partial charge < -0.3 is 14.9 Å². The summed E-state index contributed by atoms with van der Waals surface area (Å²) in [6, 6.07) is 11.3. The fourth-order valence-electron chi connectivity index (χ4n) is 3.64. The van der Waals surface area contributed by atoms with Crippen molar-refractivity contribution in [1.29, 1.82) is 0 Å². The van der Waals surface area contributed by atoms with Gasteiger partial charge in [-0.25, -0.2) is 4.68 Å². The second kappa shape index (κ2) is 8.45. The average Bonchev–Trinajstić information content (AvgIpc) is 3.20. The van der Waals surface area contributed by atoms with Gasteiger partial charge in [-0.2, -0.15) is 18.3 Å². The Hall–Kier alpha value is -4.09. The Kier molecular flexibility index (Phi) is 5.66. The van der Waals surface area contributed by atoms with Crippen LogP contribution in [0.2, 0.25) is 0 Å². The van der Waals surface area contributed by atoms with Crippen molar-refractivity contribution >= 4 is 17.3 Å². The maximum Gasteiger partial charge on any atom is 0.416 e. The van der Waals surface area contributed by atoms with Gasteiger partial charge in [0.2, 0.25) is 0 Å². The molecule has 9 nitrogen and oxygen atoms in total. The van der Waals surface area contributed by atoms with E-state index >= 15 is 0 Å². The molecule has 4 rings (SSSR count). The number of carbonyl (C=O) groups is 1. The molecule has 1 aliphatic rings. The summed E-state index contributed by atoms with van der Waals surface area (Å²) in [5, 5.41) is 25.7. The van der Waals surface area contributed by atoms with E-state index < -0.39 is 28.3 Å². The number of halogens is 3. The minimum atomic E-state index is -4.69. The monoisotopic (exact) mass is 461 g/mol. The van der Waals surface area contributed by atoms with Gasteiger partial charge in [0, 0.05) is 32.2 Å². The van der Waals surface area contributed by atoms with Crippen LogP contribution in [0.5, 0.6) is 5.75 Å². The number of nitrogens with zero attached hydrogens (tertiary/aromatic N) is 5. The first-order chi connectivity index (χ1) is 15.6. The lowest BCUT2D eigenvalue weighted by molar-refractivity contribution is -0.384. The molecule has 172 valence electrons. The third kappa shape index (κ3) is 4.45. The third-order valence-electron chi connectivity index (χ3n) is 5.33. The van der Waals surface area contributed by atoms with Gasteiger partial charge in [-0.05, 0) is 24.3 Å². The Morgan fingerprint density at radius 2 is 1.73 bits per heavy atom. The number of carbonyl (C=O) groups excluding carboxylic acids is 1. The number of amides is 1. The summed E-state index contributed by atoms with van der Waals surface area (Å²) in [6.07, 6.45) is -3.37. The number of rotatable bonds is 4. The highest BCUT2D eigenvalue weighted by Crippen LogP contribution is 2.37. The van der Waals surface area contributed by atoms with Gasteiger partial charge in [0.15, 0.2) is 11.4 Å². The highest BCUT2D eigenvalue weighted by molar-refractivity contribution is 5.95. The summed E-state index contributed by atoms with van der Waals surface area (Å²) < 4.78 is 40.2. The Labute approximate surface area is 185 Å². The lowest BCUT2D eigenvalue weighted by atomic mass is 10.1. The number of benzene rings is 2. The minimum Gasteiger partial charge on any atom is -0.504 e. The number of nitro groups is 1. The van der Waals surface area contributed by atoms with Gasteiger partial charge in [-0.3, -0.25) is 14.9 Å². The first-order valence-electron chi connectivity index (χ1n) is 9.89. The van der Waals surface area contributed by atoms with Crippen molar-refractivity contribution < 1.29 is 28.0 Å². The van der Waals surface area contributed by atoms with Crippen LogP contribution in [-0.2, 0) is 6.18 Å². The lowest BCUT2D eigenvalue weighted by Crippen LogP contribution is -2.49. The maximum absolute atomic E-state index is 12.9. The van der Waals surface area contributed by atoms with Crippen molar-refractivity contribution in [3.05, 3.63) is 76.1 Å². The van der Waals surface area contributed by atoms with E-state index in [9.17, 15) is 33.2 Å². The van der Waals surface area contributed by atoms with Crippen molar-refractivity contribution in [2.45, 2.75) is 6.18 Å². The van der Waals surface area contributed by atoms with Crippen LogP contribution in [0.25, 0.3) is 5.69 Å². The van der Waals surface area contributed by atoms with Crippen LogP contribution < -0.4 is 4.90 Å². The molecule has 1 fully saturated rings. The molecule has 1 saturated heterocycles. The van der Waals surface area contributed by atoms with Gasteiger partial charge in [-0.1, -0.05) is 18.2 Å². The zero-order chi connectivity index (χ0) is 23.8. The smallest absolute Gasteiger partial charge is 0.416 e. The molecule has 0 radical (unpaired) electrons. The Bertz CT molecular complexity index is 1190. The number of hydrogen-bond acceptors (Lipinski definition) is 6. The fourth-order valence-corrected chi connectivity index (χ4v) is 3.64. The van der Waals surface area contributed by atoms with E-state index in [2.05, 4.69) is 5.10 Å². The van der Waals surface area contributed by atoms with E-state index in [1.807, 2.05) is 6.07 Å². The van der Waals surface area contributed by atoms with Gasteiger partial charge >= 0.3 is 6.18 Å². The number of para-hydroxylation sites is 1. The number of aromatic hydroxyl groups is 1. The number of nitro benzene ring substituents is 1. The van der Waals surface area contributed by atoms with Crippen molar-refractivity contribution in [3.63, 3.8) is 0 Å². The molecule has 1 N–H and O–H groups in total. The number of hydrogen-bond donors (Lipinski definition) is 1. The quantitative estimate of drug-likeness (QED) is 0.471. The van der Waals surface area contributed by atoms with Crippen LogP contribution >= 0.6 is 0 Å². The van der Waals surface area contributed by atoms with E-state index in [4.69, 9.17) is 0 Å². The average molecular weight is 461 g/mol. The van der Waals surface area contributed by atoms with E-state index in [-0.39, 0.29) is 43.3 Å².